The standard InChI is InChI=1S/C19H18FN3O3/c20-15-5-3-13(4-6-15)9-23-16-10-22(11-17(16)26-12-18(23)24)19(25)14-2-1-7-21-8-14/h1-8,16-17H,9-12H2. The van der Waals surface area contributed by atoms with Crippen LogP contribution in [0.2, 0.25) is 0 Å². The lowest BCUT2D eigenvalue weighted by Crippen LogP contribution is -2.53. The number of aromatic nitrogens is 1. The first kappa shape index (κ1) is 16.7. The number of fused-ring (bicyclic) bond motifs is 1. The van der Waals surface area contributed by atoms with Crippen molar-refractivity contribution in [3.8, 4) is 0 Å². The van der Waals surface area contributed by atoms with Gasteiger partial charge in [-0.25, -0.2) is 4.39 Å². The van der Waals surface area contributed by atoms with Crippen molar-refractivity contribution >= 4 is 11.8 Å². The van der Waals surface area contributed by atoms with Crippen LogP contribution in [0.15, 0.2) is 48.8 Å². The number of carbonyl (C=O) groups is 2. The molecule has 0 aliphatic carbocycles. The summed E-state index contributed by atoms with van der Waals surface area (Å²) in [5.74, 6) is -0.550. The van der Waals surface area contributed by atoms with E-state index in [1.165, 1.54) is 18.3 Å². The number of hydrogen-bond acceptors (Lipinski definition) is 4. The van der Waals surface area contributed by atoms with Gasteiger partial charge in [0.15, 0.2) is 0 Å². The van der Waals surface area contributed by atoms with Crippen molar-refractivity contribution in [2.75, 3.05) is 19.7 Å². The fourth-order valence-corrected chi connectivity index (χ4v) is 3.50. The number of pyridine rings is 1. The van der Waals surface area contributed by atoms with Crippen LogP contribution < -0.4 is 0 Å². The molecule has 2 atom stereocenters. The van der Waals surface area contributed by atoms with E-state index in [-0.39, 0.29) is 36.4 Å². The number of ether oxygens (including phenoxy) is 1. The van der Waals surface area contributed by atoms with Crippen LogP contribution in [-0.2, 0) is 16.1 Å². The Morgan fingerprint density at radius 1 is 1.23 bits per heavy atom. The van der Waals surface area contributed by atoms with Gasteiger partial charge in [0.25, 0.3) is 5.91 Å². The minimum atomic E-state index is -0.311. The van der Waals surface area contributed by atoms with E-state index >= 15 is 0 Å². The summed E-state index contributed by atoms with van der Waals surface area (Å²) >= 11 is 0. The van der Waals surface area contributed by atoms with Crippen LogP contribution in [0.5, 0.6) is 0 Å². The van der Waals surface area contributed by atoms with Crippen molar-refractivity contribution in [2.24, 2.45) is 0 Å². The van der Waals surface area contributed by atoms with Crippen LogP contribution in [-0.4, -0.2) is 58.4 Å². The zero-order valence-corrected chi connectivity index (χ0v) is 14.0. The smallest absolute Gasteiger partial charge is 0.255 e. The highest BCUT2D eigenvalue weighted by molar-refractivity contribution is 5.94. The number of nitrogens with zero attached hydrogens (tertiary/aromatic N) is 3. The maximum absolute atomic E-state index is 13.1. The topological polar surface area (TPSA) is 62.7 Å². The van der Waals surface area contributed by atoms with E-state index in [9.17, 15) is 14.0 Å². The Labute approximate surface area is 150 Å². The summed E-state index contributed by atoms with van der Waals surface area (Å²) in [6.45, 7) is 1.22. The molecule has 2 unspecified atom stereocenters. The average molecular weight is 355 g/mol. The Hall–Kier alpha value is -2.80. The molecule has 0 spiro atoms. The van der Waals surface area contributed by atoms with Crippen molar-refractivity contribution in [1.29, 1.82) is 0 Å². The first-order valence-electron chi connectivity index (χ1n) is 8.46. The number of rotatable bonds is 3. The molecule has 3 heterocycles. The van der Waals surface area contributed by atoms with Crippen LogP contribution >= 0.6 is 0 Å². The summed E-state index contributed by atoms with van der Waals surface area (Å²) in [4.78, 5) is 32.4. The van der Waals surface area contributed by atoms with Gasteiger partial charge < -0.3 is 14.5 Å². The van der Waals surface area contributed by atoms with Crippen LogP contribution in [0.4, 0.5) is 4.39 Å². The highest BCUT2D eigenvalue weighted by Crippen LogP contribution is 2.26. The predicted octanol–water partition coefficient (Wildman–Crippen LogP) is 1.47. The van der Waals surface area contributed by atoms with Crippen molar-refractivity contribution in [1.82, 2.24) is 14.8 Å². The highest BCUT2D eigenvalue weighted by atomic mass is 19.1. The van der Waals surface area contributed by atoms with Crippen molar-refractivity contribution < 1.29 is 18.7 Å². The summed E-state index contributed by atoms with van der Waals surface area (Å²) < 4.78 is 18.8. The second kappa shape index (κ2) is 6.84. The fourth-order valence-electron chi connectivity index (χ4n) is 3.50. The molecular formula is C19H18FN3O3. The molecule has 2 amide bonds. The largest absolute Gasteiger partial charge is 0.364 e. The number of amides is 2. The minimum Gasteiger partial charge on any atom is -0.364 e. The summed E-state index contributed by atoms with van der Waals surface area (Å²) in [5, 5.41) is 0. The second-order valence-corrected chi connectivity index (χ2v) is 6.52. The third-order valence-corrected chi connectivity index (χ3v) is 4.84. The summed E-state index contributed by atoms with van der Waals surface area (Å²) in [7, 11) is 0. The third-order valence-electron chi connectivity index (χ3n) is 4.84. The molecule has 7 heteroatoms. The van der Waals surface area contributed by atoms with Gasteiger partial charge in [-0.3, -0.25) is 14.6 Å². The van der Waals surface area contributed by atoms with Gasteiger partial charge in [0.2, 0.25) is 5.91 Å². The molecule has 0 saturated carbocycles. The molecule has 2 aliphatic rings. The third kappa shape index (κ3) is 3.17. The van der Waals surface area contributed by atoms with Crippen LogP contribution in [0.1, 0.15) is 15.9 Å². The molecule has 2 aromatic rings. The monoisotopic (exact) mass is 355 g/mol. The molecule has 1 aromatic heterocycles. The highest BCUT2D eigenvalue weighted by Gasteiger charge is 2.44. The zero-order valence-electron chi connectivity index (χ0n) is 14.0. The molecule has 134 valence electrons. The SMILES string of the molecule is O=C(c1cccnc1)N1CC2OCC(=O)N(Cc3ccc(F)cc3)C2C1. The molecule has 0 N–H and O–H groups in total. The van der Waals surface area contributed by atoms with Gasteiger partial charge in [0.1, 0.15) is 12.4 Å². The molecule has 1 aromatic carbocycles. The molecular weight excluding hydrogens is 337 g/mol. The second-order valence-electron chi connectivity index (χ2n) is 6.52. The minimum absolute atomic E-state index is 0.00269. The van der Waals surface area contributed by atoms with Gasteiger partial charge in [-0.2, -0.15) is 0 Å². The van der Waals surface area contributed by atoms with Crippen LogP contribution in [0.25, 0.3) is 0 Å². The Morgan fingerprint density at radius 2 is 2.04 bits per heavy atom. The lowest BCUT2D eigenvalue weighted by molar-refractivity contribution is -0.153. The number of halogens is 1. The van der Waals surface area contributed by atoms with Gasteiger partial charge in [-0.05, 0) is 29.8 Å². The summed E-state index contributed by atoms with van der Waals surface area (Å²) in [6.07, 6.45) is 2.94. The van der Waals surface area contributed by atoms with E-state index in [1.54, 1.807) is 40.3 Å². The molecule has 2 aliphatic heterocycles. The number of hydrogen-bond donors (Lipinski definition) is 0. The molecule has 2 fully saturated rings. The van der Waals surface area contributed by atoms with Gasteiger partial charge in [0, 0.05) is 32.0 Å². The van der Waals surface area contributed by atoms with Crippen molar-refractivity contribution in [3.63, 3.8) is 0 Å². The Morgan fingerprint density at radius 3 is 2.77 bits per heavy atom. The number of benzene rings is 1. The summed E-state index contributed by atoms with van der Waals surface area (Å²) in [5.41, 5.74) is 1.36. The lowest BCUT2D eigenvalue weighted by Gasteiger charge is -2.36. The molecule has 0 bridgehead atoms. The fraction of sp³-hybridized carbons (Fsp3) is 0.316. The van der Waals surface area contributed by atoms with Crippen molar-refractivity contribution in [2.45, 2.75) is 18.7 Å². The Kier molecular flexibility index (Phi) is 4.38. The number of carbonyl (C=O) groups excluding carboxylic acids is 2. The Bertz CT molecular complexity index is 813. The van der Waals surface area contributed by atoms with Gasteiger partial charge in [-0.15, -0.1) is 0 Å². The molecule has 4 rings (SSSR count). The predicted molar refractivity (Wildman–Crippen MR) is 90.6 cm³/mol. The van der Waals surface area contributed by atoms with Crippen LogP contribution in [0, 0.1) is 5.82 Å². The first-order chi connectivity index (χ1) is 12.6. The summed E-state index contributed by atoms with van der Waals surface area (Å²) in [6, 6.07) is 9.33. The number of morpholine rings is 1. The average Bonchev–Trinajstić information content (AvgIpc) is 3.10. The number of likely N-dealkylation sites (tertiary alicyclic amines) is 1. The van der Waals surface area contributed by atoms with Crippen LogP contribution in [0.3, 0.4) is 0 Å². The molecule has 26 heavy (non-hydrogen) atoms. The van der Waals surface area contributed by atoms with E-state index in [0.717, 1.165) is 5.56 Å². The molecule has 2 saturated heterocycles. The first-order valence-corrected chi connectivity index (χ1v) is 8.46. The quantitative estimate of drug-likeness (QED) is 0.837. The lowest BCUT2D eigenvalue weighted by atomic mass is 10.1. The zero-order chi connectivity index (χ0) is 18.1. The maximum Gasteiger partial charge on any atom is 0.255 e. The maximum atomic E-state index is 13.1. The van der Waals surface area contributed by atoms with Gasteiger partial charge in [-0.1, -0.05) is 12.1 Å². The molecule has 0 radical (unpaired) electrons. The van der Waals surface area contributed by atoms with E-state index in [4.69, 9.17) is 4.74 Å². The Balaban J connectivity index is 1.51. The van der Waals surface area contributed by atoms with E-state index in [1.807, 2.05) is 0 Å². The van der Waals surface area contributed by atoms with Crippen molar-refractivity contribution in [3.05, 3.63) is 65.7 Å². The van der Waals surface area contributed by atoms with E-state index in [2.05, 4.69) is 4.98 Å². The molecule has 6 nitrogen and oxygen atoms in total. The normalized spacial score (nSPS) is 22.4. The van der Waals surface area contributed by atoms with E-state index < -0.39 is 0 Å². The van der Waals surface area contributed by atoms with Gasteiger partial charge in [0.05, 0.1) is 17.7 Å². The van der Waals surface area contributed by atoms with Gasteiger partial charge >= 0.3 is 0 Å². The van der Waals surface area contributed by atoms with E-state index in [0.29, 0.717) is 25.2 Å².